The summed E-state index contributed by atoms with van der Waals surface area (Å²) in [6, 6.07) is 3.24. The summed E-state index contributed by atoms with van der Waals surface area (Å²) in [6.45, 7) is 1.71. The number of rotatable bonds is 1. The molecule has 0 unspecified atom stereocenters. The summed E-state index contributed by atoms with van der Waals surface area (Å²) in [5.74, 6) is -2.16. The van der Waals surface area contributed by atoms with E-state index in [4.69, 9.17) is 0 Å². The molecule has 0 fully saturated rings. The van der Waals surface area contributed by atoms with Crippen molar-refractivity contribution in [3.8, 4) is 0 Å². The Hall–Kier alpha value is -1.78. The quantitative estimate of drug-likeness (QED) is 0.698. The predicted octanol–water partition coefficient (Wildman–Crippen LogP) is 2.08. The first kappa shape index (κ1) is 9.76. The van der Waals surface area contributed by atoms with Gasteiger partial charge in [-0.3, -0.25) is 4.79 Å². The van der Waals surface area contributed by atoms with Crippen LogP contribution in [-0.2, 0) is 4.79 Å². The topological polar surface area (TPSA) is 32.7 Å². The van der Waals surface area contributed by atoms with Gasteiger partial charge < -0.3 is 0 Å². The van der Waals surface area contributed by atoms with Crippen molar-refractivity contribution in [1.29, 1.82) is 0 Å². The largest absolute Gasteiger partial charge is 0.272 e. The molecule has 0 N–H and O–H groups in total. The van der Waals surface area contributed by atoms with Gasteiger partial charge in [0.05, 0.1) is 12.1 Å². The normalized spacial score (nSPS) is 15.8. The number of hydrazone groups is 1. The zero-order chi connectivity index (χ0) is 11.0. The summed E-state index contributed by atoms with van der Waals surface area (Å²) < 4.78 is 25.5. The van der Waals surface area contributed by atoms with Crippen molar-refractivity contribution in [2.24, 2.45) is 5.10 Å². The molecule has 0 atom stereocenters. The van der Waals surface area contributed by atoms with Crippen LogP contribution in [0.2, 0.25) is 0 Å². The van der Waals surface area contributed by atoms with Gasteiger partial charge in [-0.1, -0.05) is 0 Å². The summed E-state index contributed by atoms with van der Waals surface area (Å²) >= 11 is 0. The standard InChI is InChI=1S/C10H8F2N2O/c1-6-4-10(15)14(13-6)7-2-3-8(11)9(12)5-7/h2-3,5H,4H2,1H3. The van der Waals surface area contributed by atoms with Gasteiger partial charge in [0.25, 0.3) is 5.91 Å². The van der Waals surface area contributed by atoms with E-state index in [1.54, 1.807) is 6.92 Å². The molecule has 0 aliphatic carbocycles. The fraction of sp³-hybridized carbons (Fsp3) is 0.200. The van der Waals surface area contributed by atoms with Gasteiger partial charge in [-0.25, -0.2) is 13.8 Å². The maximum atomic E-state index is 12.9. The van der Waals surface area contributed by atoms with Gasteiger partial charge in [-0.15, -0.1) is 0 Å². The van der Waals surface area contributed by atoms with E-state index in [-0.39, 0.29) is 18.0 Å². The second kappa shape index (κ2) is 3.42. The molecular formula is C10H8F2N2O. The third kappa shape index (κ3) is 1.72. The molecule has 0 bridgehead atoms. The second-order valence-corrected chi connectivity index (χ2v) is 3.32. The molecule has 1 aliphatic rings. The smallest absolute Gasteiger partial charge is 0.253 e. The van der Waals surface area contributed by atoms with E-state index >= 15 is 0 Å². The van der Waals surface area contributed by atoms with Crippen LogP contribution in [0.4, 0.5) is 14.5 Å². The number of hydrogen-bond acceptors (Lipinski definition) is 2. The first-order valence-corrected chi connectivity index (χ1v) is 4.40. The van der Waals surface area contributed by atoms with Crippen LogP contribution >= 0.6 is 0 Å². The number of carbonyl (C=O) groups excluding carboxylic acids is 1. The lowest BCUT2D eigenvalue weighted by atomic mass is 10.2. The lowest BCUT2D eigenvalue weighted by molar-refractivity contribution is -0.116. The first-order chi connectivity index (χ1) is 7.08. The van der Waals surface area contributed by atoms with E-state index in [0.29, 0.717) is 5.71 Å². The minimum absolute atomic E-state index is 0.221. The fourth-order valence-electron chi connectivity index (χ4n) is 1.37. The minimum atomic E-state index is -0.986. The molecule has 0 spiro atoms. The predicted molar refractivity (Wildman–Crippen MR) is 51.6 cm³/mol. The van der Waals surface area contributed by atoms with Crippen LogP contribution in [0.15, 0.2) is 23.3 Å². The summed E-state index contributed by atoms with van der Waals surface area (Å²) in [4.78, 5) is 11.4. The van der Waals surface area contributed by atoms with E-state index in [0.717, 1.165) is 17.1 Å². The van der Waals surface area contributed by atoms with E-state index in [1.807, 2.05) is 0 Å². The monoisotopic (exact) mass is 210 g/mol. The number of amides is 1. The van der Waals surface area contributed by atoms with Crippen LogP contribution in [0.25, 0.3) is 0 Å². The molecule has 78 valence electrons. The molecule has 0 aromatic heterocycles. The molecule has 0 saturated heterocycles. The Bertz CT molecular complexity index is 457. The average molecular weight is 210 g/mol. The highest BCUT2D eigenvalue weighted by Crippen LogP contribution is 2.22. The van der Waals surface area contributed by atoms with Crippen molar-refractivity contribution in [2.75, 3.05) is 5.01 Å². The number of benzene rings is 1. The number of hydrogen-bond donors (Lipinski definition) is 0. The van der Waals surface area contributed by atoms with Crippen LogP contribution in [0.3, 0.4) is 0 Å². The third-order valence-electron chi connectivity index (χ3n) is 2.06. The lowest BCUT2D eigenvalue weighted by Gasteiger charge is -2.11. The number of nitrogens with zero attached hydrogens (tertiary/aromatic N) is 2. The lowest BCUT2D eigenvalue weighted by Crippen LogP contribution is -2.19. The molecule has 3 nitrogen and oxygen atoms in total. The maximum absolute atomic E-state index is 12.9. The van der Waals surface area contributed by atoms with Gasteiger partial charge >= 0.3 is 0 Å². The van der Waals surface area contributed by atoms with E-state index < -0.39 is 11.6 Å². The molecule has 0 saturated carbocycles. The second-order valence-electron chi connectivity index (χ2n) is 3.32. The van der Waals surface area contributed by atoms with Gasteiger partial charge in [-0.2, -0.15) is 5.10 Å². The van der Waals surface area contributed by atoms with Gasteiger partial charge in [-0.05, 0) is 19.1 Å². The zero-order valence-corrected chi connectivity index (χ0v) is 8.00. The molecule has 1 aromatic rings. The molecule has 1 aromatic carbocycles. The Kier molecular flexibility index (Phi) is 2.22. The van der Waals surface area contributed by atoms with Crippen LogP contribution in [0, 0.1) is 11.6 Å². The Balaban J connectivity index is 2.38. The van der Waals surface area contributed by atoms with Gasteiger partial charge in [0.15, 0.2) is 11.6 Å². The van der Waals surface area contributed by atoms with Crippen LogP contribution < -0.4 is 5.01 Å². The summed E-state index contributed by atoms with van der Waals surface area (Å²) in [6.07, 6.45) is 0.221. The summed E-state index contributed by atoms with van der Waals surface area (Å²) in [7, 11) is 0. The molecule has 0 radical (unpaired) electrons. The Morgan fingerprint density at radius 2 is 2.07 bits per heavy atom. The molecule has 15 heavy (non-hydrogen) atoms. The minimum Gasteiger partial charge on any atom is -0.272 e. The average Bonchev–Trinajstić information content (AvgIpc) is 2.50. The van der Waals surface area contributed by atoms with Crippen LogP contribution in [-0.4, -0.2) is 11.6 Å². The number of halogens is 2. The van der Waals surface area contributed by atoms with Crippen molar-refractivity contribution < 1.29 is 13.6 Å². The highest BCUT2D eigenvalue weighted by molar-refractivity contribution is 6.12. The number of carbonyl (C=O) groups is 1. The van der Waals surface area contributed by atoms with Crippen molar-refractivity contribution in [2.45, 2.75) is 13.3 Å². The summed E-state index contributed by atoms with van der Waals surface area (Å²) in [5, 5.41) is 5.00. The van der Waals surface area contributed by atoms with Crippen LogP contribution in [0.1, 0.15) is 13.3 Å². The Morgan fingerprint density at radius 1 is 1.33 bits per heavy atom. The first-order valence-electron chi connectivity index (χ1n) is 4.40. The van der Waals surface area contributed by atoms with Crippen LogP contribution in [0.5, 0.6) is 0 Å². The van der Waals surface area contributed by atoms with Gasteiger partial charge in [0.1, 0.15) is 0 Å². The zero-order valence-electron chi connectivity index (χ0n) is 8.00. The Morgan fingerprint density at radius 3 is 2.60 bits per heavy atom. The highest BCUT2D eigenvalue weighted by atomic mass is 19.2. The van der Waals surface area contributed by atoms with Gasteiger partial charge in [0.2, 0.25) is 0 Å². The van der Waals surface area contributed by atoms with Crippen molar-refractivity contribution in [1.82, 2.24) is 0 Å². The number of anilines is 1. The summed E-state index contributed by atoms with van der Waals surface area (Å²) in [5.41, 5.74) is 0.903. The van der Waals surface area contributed by atoms with E-state index in [1.165, 1.54) is 6.07 Å². The molecule has 1 aliphatic heterocycles. The molecular weight excluding hydrogens is 202 g/mol. The van der Waals surface area contributed by atoms with Gasteiger partial charge in [0, 0.05) is 11.8 Å². The third-order valence-corrected chi connectivity index (χ3v) is 2.06. The molecule has 1 heterocycles. The molecule has 1 amide bonds. The Labute approximate surface area is 85.0 Å². The molecule has 5 heteroatoms. The van der Waals surface area contributed by atoms with Crippen molar-refractivity contribution >= 4 is 17.3 Å². The van der Waals surface area contributed by atoms with E-state index in [9.17, 15) is 13.6 Å². The fourth-order valence-corrected chi connectivity index (χ4v) is 1.37. The highest BCUT2D eigenvalue weighted by Gasteiger charge is 2.23. The molecule has 2 rings (SSSR count). The van der Waals surface area contributed by atoms with Crippen molar-refractivity contribution in [3.63, 3.8) is 0 Å². The van der Waals surface area contributed by atoms with Crippen molar-refractivity contribution in [3.05, 3.63) is 29.8 Å². The van der Waals surface area contributed by atoms with E-state index in [2.05, 4.69) is 5.10 Å². The maximum Gasteiger partial charge on any atom is 0.253 e. The SMILES string of the molecule is CC1=NN(c2ccc(F)c(F)c2)C(=O)C1.